The second-order valence-electron chi connectivity index (χ2n) is 7.03. The number of anilines is 2. The van der Waals surface area contributed by atoms with Crippen LogP contribution < -0.4 is 20.7 Å². The zero-order valence-corrected chi connectivity index (χ0v) is 18.2. The number of methoxy groups -OCH3 is 1. The summed E-state index contributed by atoms with van der Waals surface area (Å²) in [5.41, 5.74) is 3.49. The average Bonchev–Trinajstić information content (AvgIpc) is 2.78. The van der Waals surface area contributed by atoms with Crippen LogP contribution in [0.25, 0.3) is 0 Å². The van der Waals surface area contributed by atoms with Gasteiger partial charge in [0, 0.05) is 24.4 Å². The van der Waals surface area contributed by atoms with Gasteiger partial charge in [-0.15, -0.1) is 0 Å². The molecule has 0 atom stereocenters. The van der Waals surface area contributed by atoms with Crippen LogP contribution in [0.3, 0.4) is 0 Å². The first-order valence-electron chi connectivity index (χ1n) is 9.99. The molecule has 0 spiro atoms. The van der Waals surface area contributed by atoms with Gasteiger partial charge in [0.05, 0.1) is 25.0 Å². The fraction of sp³-hybridized carbons (Fsp3) is 0.167. The van der Waals surface area contributed by atoms with E-state index >= 15 is 0 Å². The number of benzene rings is 2. The predicted octanol–water partition coefficient (Wildman–Crippen LogP) is 3.76. The van der Waals surface area contributed by atoms with Crippen LogP contribution in [0, 0.1) is 6.92 Å². The second kappa shape index (κ2) is 10.7. The Balaban J connectivity index is 1.82. The molecule has 2 amide bonds. The number of aromatic nitrogens is 1. The van der Waals surface area contributed by atoms with E-state index < -0.39 is 0 Å². The molecule has 8 nitrogen and oxygen atoms in total. The summed E-state index contributed by atoms with van der Waals surface area (Å²) in [6.45, 7) is 3.67. The highest BCUT2D eigenvalue weighted by Crippen LogP contribution is 2.25. The zero-order chi connectivity index (χ0) is 22.9. The van der Waals surface area contributed by atoms with Gasteiger partial charge in [0.2, 0.25) is 11.9 Å². The van der Waals surface area contributed by atoms with E-state index in [1.807, 2.05) is 43.3 Å². The number of pyridine rings is 1. The van der Waals surface area contributed by atoms with Crippen LogP contribution in [0.15, 0.2) is 71.9 Å². The Kier molecular flexibility index (Phi) is 7.53. The maximum atomic E-state index is 12.8. The third-order valence-corrected chi connectivity index (χ3v) is 4.43. The van der Waals surface area contributed by atoms with Gasteiger partial charge in [-0.2, -0.15) is 0 Å². The standard InChI is InChI=1S/C24H25N5O3/c1-16-7-12-22(32-3)21(14-16)28-24(26-15-20-6-4-5-13-25-20)29-23(31)18-8-10-19(11-9-18)27-17(2)30/h4-14H,15H2,1-3H3,(H,27,30)(H2,26,28,29,31). The lowest BCUT2D eigenvalue weighted by Crippen LogP contribution is -2.36. The number of carbonyl (C=O) groups excluding carboxylic acids is 2. The van der Waals surface area contributed by atoms with Crippen molar-refractivity contribution in [1.82, 2.24) is 10.3 Å². The molecule has 0 aliphatic heterocycles. The minimum Gasteiger partial charge on any atom is -0.495 e. The van der Waals surface area contributed by atoms with Crippen LogP contribution >= 0.6 is 0 Å². The maximum Gasteiger partial charge on any atom is 0.257 e. The summed E-state index contributed by atoms with van der Waals surface area (Å²) in [4.78, 5) is 32.8. The van der Waals surface area contributed by atoms with Crippen LogP contribution in [-0.2, 0) is 11.3 Å². The molecule has 0 saturated carbocycles. The first-order chi connectivity index (χ1) is 15.4. The summed E-state index contributed by atoms with van der Waals surface area (Å²) in [6.07, 6.45) is 1.69. The third kappa shape index (κ3) is 6.40. The highest BCUT2D eigenvalue weighted by Gasteiger charge is 2.12. The molecule has 3 rings (SSSR count). The molecule has 0 fully saturated rings. The summed E-state index contributed by atoms with van der Waals surface area (Å²) >= 11 is 0. The Morgan fingerprint density at radius 2 is 1.81 bits per heavy atom. The second-order valence-corrected chi connectivity index (χ2v) is 7.03. The lowest BCUT2D eigenvalue weighted by molar-refractivity contribution is -0.114. The summed E-state index contributed by atoms with van der Waals surface area (Å²) in [7, 11) is 1.58. The van der Waals surface area contributed by atoms with Crippen molar-refractivity contribution in [3.8, 4) is 5.75 Å². The van der Waals surface area contributed by atoms with Gasteiger partial charge >= 0.3 is 0 Å². The smallest absolute Gasteiger partial charge is 0.257 e. The Morgan fingerprint density at radius 3 is 2.47 bits per heavy atom. The number of rotatable bonds is 6. The van der Waals surface area contributed by atoms with Gasteiger partial charge in [0.15, 0.2) is 0 Å². The lowest BCUT2D eigenvalue weighted by atomic mass is 10.2. The van der Waals surface area contributed by atoms with Crippen molar-refractivity contribution in [3.05, 3.63) is 83.7 Å². The van der Waals surface area contributed by atoms with E-state index in [4.69, 9.17) is 4.74 Å². The normalized spacial score (nSPS) is 10.9. The summed E-state index contributed by atoms with van der Waals surface area (Å²) < 4.78 is 5.42. The summed E-state index contributed by atoms with van der Waals surface area (Å²) in [5.74, 6) is 0.353. The molecule has 8 heteroatoms. The highest BCUT2D eigenvalue weighted by molar-refractivity contribution is 6.10. The molecular weight excluding hydrogens is 406 g/mol. The van der Waals surface area contributed by atoms with Gasteiger partial charge in [-0.25, -0.2) is 4.99 Å². The van der Waals surface area contributed by atoms with Gasteiger partial charge in [0.25, 0.3) is 5.91 Å². The number of ether oxygens (including phenoxy) is 1. The number of aryl methyl sites for hydroxylation is 1. The molecule has 3 N–H and O–H groups in total. The van der Waals surface area contributed by atoms with E-state index in [1.165, 1.54) is 6.92 Å². The number of hydrogen-bond acceptors (Lipinski definition) is 5. The molecule has 1 aromatic heterocycles. The number of hydrogen-bond donors (Lipinski definition) is 3. The topological polar surface area (TPSA) is 105 Å². The monoisotopic (exact) mass is 431 g/mol. The van der Waals surface area contributed by atoms with Crippen molar-refractivity contribution in [1.29, 1.82) is 0 Å². The Labute approximate surface area is 186 Å². The van der Waals surface area contributed by atoms with Gasteiger partial charge in [-0.1, -0.05) is 12.1 Å². The van der Waals surface area contributed by atoms with Crippen LogP contribution in [0.5, 0.6) is 5.75 Å². The van der Waals surface area contributed by atoms with E-state index in [2.05, 4.69) is 25.9 Å². The minimum absolute atomic E-state index is 0.178. The number of nitrogens with one attached hydrogen (secondary N) is 3. The highest BCUT2D eigenvalue weighted by atomic mass is 16.5. The van der Waals surface area contributed by atoms with E-state index in [1.54, 1.807) is 37.6 Å². The SMILES string of the molecule is COc1ccc(C)cc1NC(=NCc1ccccn1)NC(=O)c1ccc(NC(C)=O)cc1. The molecule has 2 aromatic carbocycles. The molecule has 0 unspecified atom stereocenters. The Morgan fingerprint density at radius 1 is 1.03 bits per heavy atom. The van der Waals surface area contributed by atoms with Crippen LogP contribution in [0.1, 0.15) is 28.5 Å². The van der Waals surface area contributed by atoms with Crippen molar-refractivity contribution in [2.24, 2.45) is 4.99 Å². The van der Waals surface area contributed by atoms with Crippen LogP contribution in [0.4, 0.5) is 11.4 Å². The molecule has 1 heterocycles. The van der Waals surface area contributed by atoms with Crippen molar-refractivity contribution in [2.45, 2.75) is 20.4 Å². The van der Waals surface area contributed by atoms with E-state index in [9.17, 15) is 9.59 Å². The van der Waals surface area contributed by atoms with Crippen molar-refractivity contribution < 1.29 is 14.3 Å². The first kappa shape index (κ1) is 22.5. The largest absolute Gasteiger partial charge is 0.495 e. The van der Waals surface area contributed by atoms with E-state index in [0.717, 1.165) is 11.3 Å². The molecule has 32 heavy (non-hydrogen) atoms. The fourth-order valence-electron chi connectivity index (χ4n) is 2.90. The zero-order valence-electron chi connectivity index (χ0n) is 18.2. The van der Waals surface area contributed by atoms with Crippen molar-refractivity contribution >= 4 is 29.1 Å². The van der Waals surface area contributed by atoms with Crippen molar-refractivity contribution in [2.75, 3.05) is 17.7 Å². The van der Waals surface area contributed by atoms with Gasteiger partial charge in [0.1, 0.15) is 5.75 Å². The van der Waals surface area contributed by atoms with Gasteiger partial charge < -0.3 is 15.4 Å². The number of nitrogens with zero attached hydrogens (tertiary/aromatic N) is 2. The minimum atomic E-state index is -0.349. The Hall–Kier alpha value is -4.20. The molecule has 3 aromatic rings. The number of carbonyl (C=O) groups is 2. The Bertz CT molecular complexity index is 1110. The number of amides is 2. The third-order valence-electron chi connectivity index (χ3n) is 4.43. The molecule has 0 aliphatic rings. The van der Waals surface area contributed by atoms with Crippen LogP contribution in [0.2, 0.25) is 0 Å². The molecule has 0 bridgehead atoms. The maximum absolute atomic E-state index is 12.8. The van der Waals surface area contributed by atoms with Gasteiger partial charge in [-0.05, 0) is 61.0 Å². The molecule has 164 valence electrons. The molecule has 0 radical (unpaired) electrons. The predicted molar refractivity (Wildman–Crippen MR) is 125 cm³/mol. The number of aliphatic imine (C=N–C) groups is 1. The number of guanidine groups is 1. The van der Waals surface area contributed by atoms with E-state index in [0.29, 0.717) is 22.7 Å². The van der Waals surface area contributed by atoms with E-state index in [-0.39, 0.29) is 24.3 Å². The molecule has 0 aliphatic carbocycles. The first-order valence-corrected chi connectivity index (χ1v) is 9.99. The fourth-order valence-corrected chi connectivity index (χ4v) is 2.90. The molecular formula is C24H25N5O3. The summed E-state index contributed by atoms with van der Waals surface area (Å²) in [6, 6.07) is 17.8. The average molecular weight is 431 g/mol. The quantitative estimate of drug-likeness (QED) is 0.407. The molecule has 0 saturated heterocycles. The van der Waals surface area contributed by atoms with Crippen LogP contribution in [-0.4, -0.2) is 29.9 Å². The summed E-state index contributed by atoms with van der Waals surface area (Å²) in [5, 5.41) is 8.64. The van der Waals surface area contributed by atoms with Gasteiger partial charge in [-0.3, -0.25) is 19.9 Å². The lowest BCUT2D eigenvalue weighted by Gasteiger charge is -2.15. The van der Waals surface area contributed by atoms with Crippen molar-refractivity contribution in [3.63, 3.8) is 0 Å².